The molecule has 1 aromatic carbocycles. The molecule has 7 heteroatoms. The van der Waals surface area contributed by atoms with Gasteiger partial charge in [0.15, 0.2) is 0 Å². The van der Waals surface area contributed by atoms with Crippen LogP contribution < -0.4 is 5.32 Å². The zero-order valence-electron chi connectivity index (χ0n) is 16.7. The summed E-state index contributed by atoms with van der Waals surface area (Å²) in [6.45, 7) is 7.06. The molecule has 2 amide bonds. The summed E-state index contributed by atoms with van der Waals surface area (Å²) in [6.07, 6.45) is 4.64. The second kappa shape index (κ2) is 9.98. The molecule has 154 valence electrons. The Morgan fingerprint density at radius 3 is 2.36 bits per heavy atom. The van der Waals surface area contributed by atoms with Crippen LogP contribution in [-0.4, -0.2) is 78.4 Å². The number of hydrogen-bond donors (Lipinski definition) is 1. The summed E-state index contributed by atoms with van der Waals surface area (Å²) in [5.74, 6) is -0.276. The fraction of sp³-hybridized carbons (Fsp3) is 0.619. The van der Waals surface area contributed by atoms with Gasteiger partial charge in [-0.3, -0.25) is 19.4 Å². The van der Waals surface area contributed by atoms with Gasteiger partial charge in [0.1, 0.15) is 5.82 Å². The van der Waals surface area contributed by atoms with E-state index in [-0.39, 0.29) is 30.2 Å². The van der Waals surface area contributed by atoms with Crippen molar-refractivity contribution in [2.75, 3.05) is 51.1 Å². The van der Waals surface area contributed by atoms with E-state index in [4.69, 9.17) is 0 Å². The Bertz CT molecular complexity index is 668. The van der Waals surface area contributed by atoms with Crippen molar-refractivity contribution in [2.24, 2.45) is 0 Å². The molecule has 0 aromatic heterocycles. The summed E-state index contributed by atoms with van der Waals surface area (Å²) in [6, 6.07) is 5.80. The van der Waals surface area contributed by atoms with Gasteiger partial charge in [-0.05, 0) is 38.0 Å². The quantitative estimate of drug-likeness (QED) is 0.837. The van der Waals surface area contributed by atoms with Crippen LogP contribution in [0.3, 0.4) is 0 Å². The average molecular weight is 391 g/mol. The number of hydrogen-bond acceptors (Lipinski definition) is 4. The number of nitrogens with one attached hydrogen (secondary N) is 1. The molecule has 0 radical (unpaired) electrons. The Morgan fingerprint density at radius 2 is 1.71 bits per heavy atom. The number of rotatable bonds is 5. The Labute approximate surface area is 166 Å². The Kier molecular flexibility index (Phi) is 7.39. The third-order valence-electron chi connectivity index (χ3n) is 5.71. The molecule has 0 aliphatic carbocycles. The zero-order valence-corrected chi connectivity index (χ0v) is 16.7. The van der Waals surface area contributed by atoms with E-state index in [0.717, 1.165) is 52.1 Å². The first kappa shape index (κ1) is 20.7. The molecule has 0 bridgehead atoms. The lowest BCUT2D eigenvalue weighted by Crippen LogP contribution is -2.55. The molecule has 2 saturated heterocycles. The molecule has 28 heavy (non-hydrogen) atoms. The van der Waals surface area contributed by atoms with E-state index in [1.54, 1.807) is 12.1 Å². The van der Waals surface area contributed by atoms with E-state index in [9.17, 15) is 14.0 Å². The van der Waals surface area contributed by atoms with Gasteiger partial charge in [-0.2, -0.15) is 0 Å². The highest BCUT2D eigenvalue weighted by atomic mass is 19.1. The summed E-state index contributed by atoms with van der Waals surface area (Å²) in [7, 11) is 0. The molecule has 1 N–H and O–H groups in total. The summed E-state index contributed by atoms with van der Waals surface area (Å²) in [4.78, 5) is 31.3. The highest BCUT2D eigenvalue weighted by Gasteiger charge is 2.29. The van der Waals surface area contributed by atoms with E-state index >= 15 is 0 Å². The van der Waals surface area contributed by atoms with Crippen molar-refractivity contribution >= 4 is 17.5 Å². The molecule has 1 atom stereocenters. The Hall–Kier alpha value is -1.99. The fourth-order valence-corrected chi connectivity index (χ4v) is 3.99. The summed E-state index contributed by atoms with van der Waals surface area (Å²) in [5.41, 5.74) is 0.473. The van der Waals surface area contributed by atoms with Gasteiger partial charge in [0.2, 0.25) is 11.8 Å². The lowest BCUT2D eigenvalue weighted by molar-refractivity contribution is -0.137. The molecule has 1 aromatic rings. The smallest absolute Gasteiger partial charge is 0.239 e. The van der Waals surface area contributed by atoms with Crippen LogP contribution in [0.4, 0.5) is 10.1 Å². The third kappa shape index (κ3) is 5.75. The van der Waals surface area contributed by atoms with Gasteiger partial charge in [0, 0.05) is 45.0 Å². The zero-order chi connectivity index (χ0) is 19.9. The first-order valence-corrected chi connectivity index (χ1v) is 10.3. The van der Waals surface area contributed by atoms with E-state index < -0.39 is 0 Å². The number of halogens is 1. The SMILES string of the molecule is CC(C(=O)N1CCCCCC1)N1CCN(CC(=O)Nc2cccc(F)c2)CC1. The predicted octanol–water partition coefficient (Wildman–Crippen LogP) is 2.17. The normalized spacial score (nSPS) is 20.4. The van der Waals surface area contributed by atoms with Crippen LogP contribution in [0.5, 0.6) is 0 Å². The molecule has 2 aliphatic heterocycles. The number of amides is 2. The van der Waals surface area contributed by atoms with Crippen molar-refractivity contribution in [1.82, 2.24) is 14.7 Å². The highest BCUT2D eigenvalue weighted by molar-refractivity contribution is 5.92. The summed E-state index contributed by atoms with van der Waals surface area (Å²) >= 11 is 0. The maximum Gasteiger partial charge on any atom is 0.239 e. The number of benzene rings is 1. The van der Waals surface area contributed by atoms with Gasteiger partial charge in [-0.25, -0.2) is 4.39 Å². The van der Waals surface area contributed by atoms with Crippen molar-refractivity contribution in [3.8, 4) is 0 Å². The number of carbonyl (C=O) groups is 2. The van der Waals surface area contributed by atoms with Crippen molar-refractivity contribution in [1.29, 1.82) is 0 Å². The van der Waals surface area contributed by atoms with Gasteiger partial charge in [-0.15, -0.1) is 0 Å². The minimum absolute atomic E-state index is 0.110. The van der Waals surface area contributed by atoms with Crippen LogP contribution in [0.2, 0.25) is 0 Å². The lowest BCUT2D eigenvalue weighted by Gasteiger charge is -2.38. The minimum atomic E-state index is -0.366. The van der Waals surface area contributed by atoms with Gasteiger partial charge < -0.3 is 10.2 Å². The van der Waals surface area contributed by atoms with Crippen LogP contribution >= 0.6 is 0 Å². The number of piperazine rings is 1. The number of anilines is 1. The Balaban J connectivity index is 1.43. The monoisotopic (exact) mass is 390 g/mol. The minimum Gasteiger partial charge on any atom is -0.341 e. The topological polar surface area (TPSA) is 55.9 Å². The maximum absolute atomic E-state index is 13.2. The molecular weight excluding hydrogens is 359 g/mol. The van der Waals surface area contributed by atoms with Gasteiger partial charge in [-0.1, -0.05) is 18.9 Å². The summed E-state index contributed by atoms with van der Waals surface area (Å²) < 4.78 is 13.2. The second-order valence-electron chi connectivity index (χ2n) is 7.79. The predicted molar refractivity (Wildman–Crippen MR) is 108 cm³/mol. The van der Waals surface area contributed by atoms with Crippen LogP contribution in [0.25, 0.3) is 0 Å². The lowest BCUT2D eigenvalue weighted by atomic mass is 10.2. The number of carbonyl (C=O) groups excluding carboxylic acids is 2. The number of likely N-dealkylation sites (tertiary alicyclic amines) is 1. The fourth-order valence-electron chi connectivity index (χ4n) is 3.99. The van der Waals surface area contributed by atoms with Crippen molar-refractivity contribution in [3.63, 3.8) is 0 Å². The third-order valence-corrected chi connectivity index (χ3v) is 5.71. The van der Waals surface area contributed by atoms with Crippen molar-refractivity contribution < 1.29 is 14.0 Å². The molecule has 3 rings (SSSR count). The Morgan fingerprint density at radius 1 is 1.04 bits per heavy atom. The number of nitrogens with zero attached hydrogens (tertiary/aromatic N) is 3. The molecule has 2 fully saturated rings. The highest BCUT2D eigenvalue weighted by Crippen LogP contribution is 2.15. The average Bonchev–Trinajstić information content (AvgIpc) is 2.97. The standard InChI is InChI=1S/C21H31FN4O2/c1-17(21(28)26-9-4-2-3-5-10-26)25-13-11-24(12-14-25)16-20(27)23-19-8-6-7-18(22)15-19/h6-8,15,17H,2-5,9-14,16H2,1H3,(H,23,27). The molecule has 2 aliphatic rings. The van der Waals surface area contributed by atoms with Gasteiger partial charge >= 0.3 is 0 Å². The maximum atomic E-state index is 13.2. The molecular formula is C21H31FN4O2. The summed E-state index contributed by atoms with van der Waals surface area (Å²) in [5, 5.41) is 2.74. The molecule has 0 spiro atoms. The van der Waals surface area contributed by atoms with E-state index in [1.165, 1.54) is 25.0 Å². The van der Waals surface area contributed by atoms with Crippen LogP contribution in [0.1, 0.15) is 32.6 Å². The molecule has 1 unspecified atom stereocenters. The molecule has 2 heterocycles. The van der Waals surface area contributed by atoms with Crippen LogP contribution in [-0.2, 0) is 9.59 Å². The van der Waals surface area contributed by atoms with Gasteiger partial charge in [0.05, 0.1) is 12.6 Å². The molecule has 0 saturated carbocycles. The van der Waals surface area contributed by atoms with Crippen LogP contribution in [0.15, 0.2) is 24.3 Å². The second-order valence-corrected chi connectivity index (χ2v) is 7.79. The van der Waals surface area contributed by atoms with E-state index in [1.807, 2.05) is 11.8 Å². The first-order valence-electron chi connectivity index (χ1n) is 10.3. The largest absolute Gasteiger partial charge is 0.341 e. The van der Waals surface area contributed by atoms with Gasteiger partial charge in [0.25, 0.3) is 0 Å². The van der Waals surface area contributed by atoms with Crippen molar-refractivity contribution in [2.45, 2.75) is 38.6 Å². The first-order chi connectivity index (χ1) is 13.5. The van der Waals surface area contributed by atoms with E-state index in [0.29, 0.717) is 5.69 Å². The van der Waals surface area contributed by atoms with Crippen molar-refractivity contribution in [3.05, 3.63) is 30.1 Å². The van der Waals surface area contributed by atoms with Crippen LogP contribution in [0, 0.1) is 5.82 Å². The van der Waals surface area contributed by atoms with E-state index in [2.05, 4.69) is 15.1 Å². The molecule has 6 nitrogen and oxygen atoms in total.